The van der Waals surface area contributed by atoms with Crippen LogP contribution in [0.1, 0.15) is 11.1 Å². The molecule has 168 valence electrons. The number of ether oxygens (including phenoxy) is 3. The molecule has 0 unspecified atom stereocenters. The second-order valence-electron chi connectivity index (χ2n) is 7.43. The van der Waals surface area contributed by atoms with Gasteiger partial charge in [-0.3, -0.25) is 9.59 Å². The molecule has 1 aliphatic heterocycles. The van der Waals surface area contributed by atoms with Crippen LogP contribution >= 0.6 is 0 Å². The lowest BCUT2D eigenvalue weighted by atomic mass is 10.0. The Morgan fingerprint density at radius 3 is 2.06 bits per heavy atom. The summed E-state index contributed by atoms with van der Waals surface area (Å²) < 4.78 is 16.2. The summed E-state index contributed by atoms with van der Waals surface area (Å²) in [6, 6.07) is 19.5. The van der Waals surface area contributed by atoms with Crippen molar-refractivity contribution in [1.29, 1.82) is 0 Å². The second kappa shape index (κ2) is 9.08. The number of aryl methyl sites for hydroxylation is 1. The average molecular weight is 444 g/mol. The first-order valence-corrected chi connectivity index (χ1v) is 10.3. The number of hydrogen-bond donors (Lipinski definition) is 1. The molecule has 0 spiro atoms. The average Bonchev–Trinajstić information content (AvgIpc) is 3.08. The first-order chi connectivity index (χ1) is 16.0. The van der Waals surface area contributed by atoms with Gasteiger partial charge in [-0.25, -0.2) is 4.90 Å². The van der Waals surface area contributed by atoms with E-state index in [0.717, 1.165) is 5.56 Å². The van der Waals surface area contributed by atoms with Gasteiger partial charge in [-0.05, 0) is 48.9 Å². The third-order valence-electron chi connectivity index (χ3n) is 5.41. The molecule has 0 aliphatic carbocycles. The lowest BCUT2D eigenvalue weighted by Crippen LogP contribution is -2.32. The van der Waals surface area contributed by atoms with E-state index >= 15 is 0 Å². The standard InChI is InChI=1S/C26H24N2O5/c1-16-9-12-18(13-10-16)28-25(29)23(17-11-14-21(32-3)22(15-17)33-4)24(26(28)30)27-19-7-5-6-8-20(19)31-2/h5-15,27H,1-4H3. The zero-order chi connectivity index (χ0) is 23.5. The minimum absolute atomic E-state index is 0.150. The van der Waals surface area contributed by atoms with Crippen molar-refractivity contribution in [3.63, 3.8) is 0 Å². The molecular weight excluding hydrogens is 420 g/mol. The molecule has 1 N–H and O–H groups in total. The topological polar surface area (TPSA) is 77.1 Å². The summed E-state index contributed by atoms with van der Waals surface area (Å²) in [6.07, 6.45) is 0. The Labute approximate surface area is 192 Å². The fraction of sp³-hybridized carbons (Fsp3) is 0.154. The van der Waals surface area contributed by atoms with Crippen LogP contribution in [0, 0.1) is 6.92 Å². The zero-order valence-corrected chi connectivity index (χ0v) is 18.8. The number of nitrogens with zero attached hydrogens (tertiary/aromatic N) is 1. The van der Waals surface area contributed by atoms with Crippen LogP contribution in [0.25, 0.3) is 5.57 Å². The first-order valence-electron chi connectivity index (χ1n) is 10.3. The van der Waals surface area contributed by atoms with Gasteiger partial charge in [0.1, 0.15) is 11.4 Å². The Kier molecular flexibility index (Phi) is 6.04. The number of carbonyl (C=O) groups excluding carboxylic acids is 2. The van der Waals surface area contributed by atoms with E-state index in [1.807, 2.05) is 31.2 Å². The summed E-state index contributed by atoms with van der Waals surface area (Å²) in [4.78, 5) is 28.3. The number of benzene rings is 3. The number of imide groups is 1. The van der Waals surface area contributed by atoms with Crippen LogP contribution in [0.15, 0.2) is 72.4 Å². The number of hydrogen-bond acceptors (Lipinski definition) is 6. The van der Waals surface area contributed by atoms with Gasteiger partial charge < -0.3 is 19.5 Å². The largest absolute Gasteiger partial charge is 0.495 e. The fourth-order valence-electron chi connectivity index (χ4n) is 3.72. The zero-order valence-electron chi connectivity index (χ0n) is 18.8. The van der Waals surface area contributed by atoms with Gasteiger partial charge in [0.25, 0.3) is 11.8 Å². The molecule has 1 heterocycles. The van der Waals surface area contributed by atoms with Gasteiger partial charge in [0.2, 0.25) is 0 Å². The third-order valence-corrected chi connectivity index (χ3v) is 5.41. The maximum atomic E-state index is 13.6. The van der Waals surface area contributed by atoms with E-state index in [1.54, 1.807) is 49.6 Å². The van der Waals surface area contributed by atoms with E-state index in [1.165, 1.54) is 19.1 Å². The van der Waals surface area contributed by atoms with Crippen LogP contribution in [0.3, 0.4) is 0 Å². The molecule has 1 aliphatic rings. The maximum Gasteiger partial charge on any atom is 0.282 e. The molecule has 0 fully saturated rings. The van der Waals surface area contributed by atoms with E-state index in [2.05, 4.69) is 5.32 Å². The van der Waals surface area contributed by atoms with Gasteiger partial charge in [-0.1, -0.05) is 35.9 Å². The third kappa shape index (κ3) is 4.01. The predicted molar refractivity (Wildman–Crippen MR) is 127 cm³/mol. The van der Waals surface area contributed by atoms with Gasteiger partial charge in [0, 0.05) is 0 Å². The molecule has 4 rings (SSSR count). The van der Waals surface area contributed by atoms with E-state index < -0.39 is 11.8 Å². The van der Waals surface area contributed by atoms with Crippen molar-refractivity contribution in [2.75, 3.05) is 31.5 Å². The Bertz CT molecular complexity index is 1250. The molecule has 7 heteroatoms. The summed E-state index contributed by atoms with van der Waals surface area (Å²) >= 11 is 0. The van der Waals surface area contributed by atoms with Gasteiger partial charge in [0.05, 0.1) is 38.3 Å². The summed E-state index contributed by atoms with van der Waals surface area (Å²) in [5, 5.41) is 3.14. The second-order valence-corrected chi connectivity index (χ2v) is 7.43. The predicted octanol–water partition coefficient (Wildman–Crippen LogP) is 4.42. The Balaban J connectivity index is 1.87. The quantitative estimate of drug-likeness (QED) is 0.544. The number of carbonyl (C=O) groups is 2. The number of para-hydroxylation sites is 2. The molecule has 3 aromatic carbocycles. The van der Waals surface area contributed by atoms with Crippen molar-refractivity contribution in [3.8, 4) is 17.2 Å². The summed E-state index contributed by atoms with van der Waals surface area (Å²) in [5.74, 6) is 0.625. The van der Waals surface area contributed by atoms with Crippen LogP contribution in [0.2, 0.25) is 0 Å². The normalized spacial score (nSPS) is 13.4. The highest BCUT2D eigenvalue weighted by Crippen LogP contribution is 2.38. The highest BCUT2D eigenvalue weighted by molar-refractivity contribution is 6.46. The Morgan fingerprint density at radius 2 is 1.39 bits per heavy atom. The highest BCUT2D eigenvalue weighted by Gasteiger charge is 2.40. The van der Waals surface area contributed by atoms with Gasteiger partial charge >= 0.3 is 0 Å². The molecule has 3 aromatic rings. The van der Waals surface area contributed by atoms with Crippen LogP contribution in [-0.2, 0) is 9.59 Å². The van der Waals surface area contributed by atoms with Crippen molar-refractivity contribution in [1.82, 2.24) is 0 Å². The summed E-state index contributed by atoms with van der Waals surface area (Å²) in [7, 11) is 4.60. The molecule has 0 bridgehead atoms. The van der Waals surface area contributed by atoms with Crippen molar-refractivity contribution in [2.24, 2.45) is 0 Å². The van der Waals surface area contributed by atoms with E-state index in [9.17, 15) is 9.59 Å². The van der Waals surface area contributed by atoms with E-state index in [4.69, 9.17) is 14.2 Å². The number of rotatable bonds is 7. The van der Waals surface area contributed by atoms with Gasteiger partial charge in [-0.2, -0.15) is 0 Å². The summed E-state index contributed by atoms with van der Waals surface area (Å²) in [5.41, 5.74) is 2.99. The number of amides is 2. The number of nitrogens with one attached hydrogen (secondary N) is 1. The maximum absolute atomic E-state index is 13.6. The van der Waals surface area contributed by atoms with Crippen molar-refractivity contribution in [2.45, 2.75) is 6.92 Å². The molecule has 0 atom stereocenters. The van der Waals surface area contributed by atoms with Crippen molar-refractivity contribution < 1.29 is 23.8 Å². The summed E-state index contributed by atoms with van der Waals surface area (Å²) in [6.45, 7) is 1.94. The van der Waals surface area contributed by atoms with Crippen LogP contribution < -0.4 is 24.4 Å². The van der Waals surface area contributed by atoms with Crippen molar-refractivity contribution in [3.05, 3.63) is 83.6 Å². The molecule has 33 heavy (non-hydrogen) atoms. The smallest absolute Gasteiger partial charge is 0.282 e. The minimum Gasteiger partial charge on any atom is -0.495 e. The monoisotopic (exact) mass is 444 g/mol. The molecular formula is C26H24N2O5. The Morgan fingerprint density at radius 1 is 0.727 bits per heavy atom. The SMILES string of the molecule is COc1ccccc1NC1=C(c2ccc(OC)c(OC)c2)C(=O)N(c2ccc(C)cc2)C1=O. The number of anilines is 2. The highest BCUT2D eigenvalue weighted by atomic mass is 16.5. The Hall–Kier alpha value is -4.26. The van der Waals surface area contributed by atoms with Crippen LogP contribution in [0.5, 0.6) is 17.2 Å². The van der Waals surface area contributed by atoms with Gasteiger partial charge in [0.15, 0.2) is 11.5 Å². The van der Waals surface area contributed by atoms with Crippen molar-refractivity contribution >= 4 is 28.8 Å². The van der Waals surface area contributed by atoms with Crippen LogP contribution in [-0.4, -0.2) is 33.1 Å². The van der Waals surface area contributed by atoms with Crippen LogP contribution in [0.4, 0.5) is 11.4 Å². The molecule has 0 saturated heterocycles. The molecule has 0 saturated carbocycles. The lowest BCUT2D eigenvalue weighted by molar-refractivity contribution is -0.120. The van der Waals surface area contributed by atoms with E-state index in [0.29, 0.717) is 34.2 Å². The minimum atomic E-state index is -0.459. The molecule has 0 radical (unpaired) electrons. The first kappa shape index (κ1) is 22.0. The number of methoxy groups -OCH3 is 3. The fourth-order valence-corrected chi connectivity index (χ4v) is 3.72. The van der Waals surface area contributed by atoms with E-state index in [-0.39, 0.29) is 11.3 Å². The molecule has 2 amide bonds. The lowest BCUT2D eigenvalue weighted by Gasteiger charge is -2.16. The molecule has 0 aromatic heterocycles. The van der Waals surface area contributed by atoms with Gasteiger partial charge in [-0.15, -0.1) is 0 Å². The molecule has 7 nitrogen and oxygen atoms in total.